The van der Waals surface area contributed by atoms with Crippen LogP contribution in [0.3, 0.4) is 0 Å². The normalized spacial score (nSPS) is 11.1. The quantitative estimate of drug-likeness (QED) is 0.660. The fourth-order valence-electron chi connectivity index (χ4n) is 1.88. The van der Waals surface area contributed by atoms with Crippen molar-refractivity contribution in [1.29, 1.82) is 0 Å². The molecule has 2 aromatic carbocycles. The van der Waals surface area contributed by atoms with E-state index in [0.717, 1.165) is 0 Å². The molecule has 4 nitrogen and oxygen atoms in total. The third-order valence-electron chi connectivity index (χ3n) is 2.79. The minimum atomic E-state index is -1.16. The summed E-state index contributed by atoms with van der Waals surface area (Å²) in [6, 6.07) is 15.0. The molecule has 0 aliphatic heterocycles. The Bertz CT molecular complexity index is 672. The lowest BCUT2D eigenvalue weighted by Gasteiger charge is -2.07. The highest BCUT2D eigenvalue weighted by molar-refractivity contribution is 6.22. The number of hydrogen-bond donors (Lipinski definition) is 2. The van der Waals surface area contributed by atoms with E-state index in [-0.39, 0.29) is 16.7 Å². The Labute approximate surface area is 115 Å². The number of hydrogen-bond acceptors (Lipinski definition) is 2. The van der Waals surface area contributed by atoms with Crippen LogP contribution in [0.4, 0.5) is 0 Å². The van der Waals surface area contributed by atoms with E-state index in [1.165, 1.54) is 18.2 Å². The molecule has 0 aliphatic carbocycles. The van der Waals surface area contributed by atoms with Crippen molar-refractivity contribution in [1.82, 2.24) is 0 Å². The molecule has 2 aromatic rings. The molecular formula is C16H12O4. The average Bonchev–Trinajstić information content (AvgIpc) is 2.45. The SMILES string of the molecule is O=C(O)/C(=C/c1ccccc1)c1ccccc1C(=O)O. The summed E-state index contributed by atoms with van der Waals surface area (Å²) in [5.41, 5.74) is 0.813. The number of carboxylic acids is 2. The monoisotopic (exact) mass is 268 g/mol. The zero-order valence-electron chi connectivity index (χ0n) is 10.5. The van der Waals surface area contributed by atoms with E-state index < -0.39 is 11.9 Å². The molecule has 0 saturated carbocycles. The van der Waals surface area contributed by atoms with Crippen LogP contribution in [0.2, 0.25) is 0 Å². The van der Waals surface area contributed by atoms with Gasteiger partial charge in [-0.15, -0.1) is 0 Å². The summed E-state index contributed by atoms with van der Waals surface area (Å²) in [5.74, 6) is -2.32. The summed E-state index contributed by atoms with van der Waals surface area (Å²) in [7, 11) is 0. The van der Waals surface area contributed by atoms with Gasteiger partial charge in [-0.1, -0.05) is 48.5 Å². The van der Waals surface area contributed by atoms with Crippen molar-refractivity contribution in [3.63, 3.8) is 0 Å². The highest BCUT2D eigenvalue weighted by Crippen LogP contribution is 2.22. The fraction of sp³-hybridized carbons (Fsp3) is 0. The van der Waals surface area contributed by atoms with E-state index in [2.05, 4.69) is 0 Å². The fourth-order valence-corrected chi connectivity index (χ4v) is 1.88. The molecule has 100 valence electrons. The van der Waals surface area contributed by atoms with Crippen molar-refractivity contribution in [3.8, 4) is 0 Å². The van der Waals surface area contributed by atoms with Crippen LogP contribution in [0.15, 0.2) is 54.6 Å². The van der Waals surface area contributed by atoms with Gasteiger partial charge in [0, 0.05) is 5.56 Å². The standard InChI is InChI=1S/C16H12O4/c17-15(18)13-9-5-4-8-12(13)14(16(19)20)10-11-6-2-1-3-7-11/h1-10H,(H,17,18)(H,19,20)/b14-10+. The van der Waals surface area contributed by atoms with Gasteiger partial charge in [0.1, 0.15) is 0 Å². The summed E-state index contributed by atoms with van der Waals surface area (Å²) in [4.78, 5) is 22.6. The lowest BCUT2D eigenvalue weighted by atomic mass is 9.98. The molecule has 4 heteroatoms. The maximum absolute atomic E-state index is 11.4. The third-order valence-corrected chi connectivity index (χ3v) is 2.79. The van der Waals surface area contributed by atoms with Crippen LogP contribution in [0, 0.1) is 0 Å². The van der Waals surface area contributed by atoms with Gasteiger partial charge < -0.3 is 10.2 Å². The average molecular weight is 268 g/mol. The van der Waals surface area contributed by atoms with Crippen LogP contribution in [0.1, 0.15) is 21.5 Å². The number of carboxylic acid groups (broad SMARTS) is 2. The molecule has 0 amide bonds. The smallest absolute Gasteiger partial charge is 0.336 e. The molecular weight excluding hydrogens is 256 g/mol. The molecule has 0 spiro atoms. The Morgan fingerprint density at radius 2 is 1.35 bits per heavy atom. The van der Waals surface area contributed by atoms with Crippen LogP contribution in [0.25, 0.3) is 11.6 Å². The Kier molecular flexibility index (Phi) is 3.96. The molecule has 0 aromatic heterocycles. The minimum absolute atomic E-state index is 0.0305. The predicted molar refractivity (Wildman–Crippen MR) is 75.4 cm³/mol. The van der Waals surface area contributed by atoms with Crippen molar-refractivity contribution < 1.29 is 19.8 Å². The van der Waals surface area contributed by atoms with Crippen LogP contribution in [-0.4, -0.2) is 22.2 Å². The predicted octanol–water partition coefficient (Wildman–Crippen LogP) is 3.01. The number of benzene rings is 2. The molecule has 0 saturated heterocycles. The Hall–Kier alpha value is -2.88. The van der Waals surface area contributed by atoms with Gasteiger partial charge in [0.05, 0.1) is 11.1 Å². The van der Waals surface area contributed by atoms with Crippen LogP contribution in [-0.2, 0) is 4.79 Å². The van der Waals surface area contributed by atoms with Crippen LogP contribution in [0.5, 0.6) is 0 Å². The Morgan fingerprint density at radius 3 is 1.90 bits per heavy atom. The van der Waals surface area contributed by atoms with E-state index in [4.69, 9.17) is 5.11 Å². The molecule has 20 heavy (non-hydrogen) atoms. The second-order valence-electron chi connectivity index (χ2n) is 4.12. The summed E-state index contributed by atoms with van der Waals surface area (Å²) in [5, 5.41) is 18.5. The minimum Gasteiger partial charge on any atom is -0.478 e. The van der Waals surface area contributed by atoms with Crippen molar-refractivity contribution in [2.45, 2.75) is 0 Å². The maximum Gasteiger partial charge on any atom is 0.336 e. The van der Waals surface area contributed by atoms with Gasteiger partial charge in [0.15, 0.2) is 0 Å². The van der Waals surface area contributed by atoms with Gasteiger partial charge >= 0.3 is 11.9 Å². The lowest BCUT2D eigenvalue weighted by molar-refractivity contribution is -0.130. The highest BCUT2D eigenvalue weighted by Gasteiger charge is 2.17. The molecule has 0 fully saturated rings. The molecule has 0 unspecified atom stereocenters. The number of carbonyl (C=O) groups is 2. The maximum atomic E-state index is 11.4. The summed E-state index contributed by atoms with van der Waals surface area (Å²) in [6.45, 7) is 0. The van der Waals surface area contributed by atoms with Crippen molar-refractivity contribution in [2.75, 3.05) is 0 Å². The Morgan fingerprint density at radius 1 is 0.800 bits per heavy atom. The van der Waals surface area contributed by atoms with E-state index >= 15 is 0 Å². The van der Waals surface area contributed by atoms with Crippen molar-refractivity contribution in [2.24, 2.45) is 0 Å². The first-order valence-electron chi connectivity index (χ1n) is 5.92. The summed E-state index contributed by atoms with van der Waals surface area (Å²) < 4.78 is 0. The van der Waals surface area contributed by atoms with Gasteiger partial charge in [-0.05, 0) is 17.7 Å². The second kappa shape index (κ2) is 5.84. The first-order chi connectivity index (χ1) is 9.59. The molecule has 0 heterocycles. The zero-order valence-corrected chi connectivity index (χ0v) is 10.5. The lowest BCUT2D eigenvalue weighted by Crippen LogP contribution is -2.07. The molecule has 0 radical (unpaired) electrons. The van der Waals surface area contributed by atoms with Gasteiger partial charge in [-0.25, -0.2) is 9.59 Å². The van der Waals surface area contributed by atoms with Gasteiger partial charge in [0.25, 0.3) is 0 Å². The van der Waals surface area contributed by atoms with Crippen LogP contribution < -0.4 is 0 Å². The third kappa shape index (κ3) is 2.92. The van der Waals surface area contributed by atoms with E-state index in [1.54, 1.807) is 36.4 Å². The first kappa shape index (κ1) is 13.5. The number of rotatable bonds is 4. The second-order valence-corrected chi connectivity index (χ2v) is 4.12. The molecule has 0 bridgehead atoms. The van der Waals surface area contributed by atoms with Crippen molar-refractivity contribution >= 4 is 23.6 Å². The van der Waals surface area contributed by atoms with Gasteiger partial charge in [-0.2, -0.15) is 0 Å². The summed E-state index contributed by atoms with van der Waals surface area (Å²) in [6.07, 6.45) is 1.46. The Balaban J connectivity index is 2.59. The van der Waals surface area contributed by atoms with E-state index in [0.29, 0.717) is 5.56 Å². The number of aromatic carboxylic acids is 1. The van der Waals surface area contributed by atoms with Gasteiger partial charge in [0.2, 0.25) is 0 Å². The number of aliphatic carboxylic acids is 1. The van der Waals surface area contributed by atoms with Crippen LogP contribution >= 0.6 is 0 Å². The molecule has 2 rings (SSSR count). The molecule has 0 aliphatic rings. The van der Waals surface area contributed by atoms with Gasteiger partial charge in [-0.3, -0.25) is 0 Å². The highest BCUT2D eigenvalue weighted by atomic mass is 16.4. The van der Waals surface area contributed by atoms with E-state index in [9.17, 15) is 14.7 Å². The van der Waals surface area contributed by atoms with Crippen molar-refractivity contribution in [3.05, 3.63) is 71.3 Å². The first-order valence-corrected chi connectivity index (χ1v) is 5.92. The molecule has 2 N–H and O–H groups in total. The topological polar surface area (TPSA) is 74.6 Å². The molecule has 0 atom stereocenters. The van der Waals surface area contributed by atoms with E-state index in [1.807, 2.05) is 6.07 Å². The zero-order chi connectivity index (χ0) is 14.5. The summed E-state index contributed by atoms with van der Waals surface area (Å²) >= 11 is 0. The largest absolute Gasteiger partial charge is 0.478 e.